The molecular weight excluding hydrogens is 341 g/mol. The molecule has 3 nitrogen and oxygen atoms in total. The van der Waals surface area contributed by atoms with Crippen LogP contribution in [0.4, 0.5) is 18.9 Å². The van der Waals surface area contributed by atoms with Crippen LogP contribution in [0.25, 0.3) is 10.9 Å². The molecule has 0 aliphatic heterocycles. The van der Waals surface area contributed by atoms with Crippen molar-refractivity contribution in [1.82, 2.24) is 4.57 Å². The van der Waals surface area contributed by atoms with Gasteiger partial charge in [-0.2, -0.15) is 13.2 Å². The number of rotatable bonds is 2. The summed E-state index contributed by atoms with van der Waals surface area (Å²) in [4.78, 5) is 12.6. The molecule has 1 heterocycles. The fourth-order valence-electron chi connectivity index (χ4n) is 2.59. The zero-order valence-electron chi connectivity index (χ0n) is 12.3. The van der Waals surface area contributed by atoms with E-state index in [0.29, 0.717) is 20.8 Å². The van der Waals surface area contributed by atoms with Gasteiger partial charge in [0.25, 0.3) is 0 Å². The van der Waals surface area contributed by atoms with E-state index in [-0.39, 0.29) is 17.3 Å². The number of nitrogen functional groups attached to an aromatic ring is 1. The number of aromatic nitrogens is 1. The second-order valence-electron chi connectivity index (χ2n) is 5.34. The first kappa shape index (κ1) is 16.4. The summed E-state index contributed by atoms with van der Waals surface area (Å²) in [5.41, 5.74) is 5.55. The van der Waals surface area contributed by atoms with Crippen molar-refractivity contribution < 1.29 is 18.0 Å². The SMILES string of the molecule is Nc1ccc2c(c1)cc(C(F)(F)F)n2C(=O)Cc1ccccc1Cl. The number of carbonyl (C=O) groups is 1. The third-order valence-electron chi connectivity index (χ3n) is 3.66. The van der Waals surface area contributed by atoms with Crippen molar-refractivity contribution in [2.24, 2.45) is 0 Å². The highest BCUT2D eigenvalue weighted by Gasteiger charge is 2.37. The molecule has 0 unspecified atom stereocenters. The van der Waals surface area contributed by atoms with Gasteiger partial charge in [-0.05, 0) is 35.9 Å². The highest BCUT2D eigenvalue weighted by molar-refractivity contribution is 6.31. The van der Waals surface area contributed by atoms with Gasteiger partial charge in [-0.15, -0.1) is 0 Å². The summed E-state index contributed by atoms with van der Waals surface area (Å²) >= 11 is 6.00. The summed E-state index contributed by atoms with van der Waals surface area (Å²) in [6.07, 6.45) is -4.90. The lowest BCUT2D eigenvalue weighted by atomic mass is 10.1. The quantitative estimate of drug-likeness (QED) is 0.675. The van der Waals surface area contributed by atoms with Gasteiger partial charge in [0.15, 0.2) is 0 Å². The molecule has 124 valence electrons. The number of alkyl halides is 3. The van der Waals surface area contributed by atoms with E-state index in [1.165, 1.54) is 18.2 Å². The number of benzene rings is 2. The van der Waals surface area contributed by atoms with E-state index in [4.69, 9.17) is 17.3 Å². The van der Waals surface area contributed by atoms with Gasteiger partial charge in [0.05, 0.1) is 11.9 Å². The summed E-state index contributed by atoms with van der Waals surface area (Å²) in [5, 5.41) is 0.593. The molecule has 7 heteroatoms. The summed E-state index contributed by atoms with van der Waals surface area (Å²) in [6, 6.07) is 11.8. The van der Waals surface area contributed by atoms with Crippen molar-refractivity contribution in [1.29, 1.82) is 0 Å². The lowest BCUT2D eigenvalue weighted by Gasteiger charge is -2.12. The molecule has 0 aliphatic carbocycles. The smallest absolute Gasteiger partial charge is 0.399 e. The summed E-state index contributed by atoms with van der Waals surface area (Å²) in [6.45, 7) is 0. The molecule has 0 aliphatic rings. The Labute approximate surface area is 140 Å². The molecule has 0 radical (unpaired) electrons. The van der Waals surface area contributed by atoms with Crippen LogP contribution in [0.15, 0.2) is 48.5 Å². The zero-order chi connectivity index (χ0) is 17.5. The fourth-order valence-corrected chi connectivity index (χ4v) is 2.80. The van der Waals surface area contributed by atoms with Crippen molar-refractivity contribution in [3.05, 3.63) is 64.8 Å². The molecule has 0 amide bonds. The van der Waals surface area contributed by atoms with E-state index in [1.807, 2.05) is 0 Å². The molecule has 0 bridgehead atoms. The predicted octanol–water partition coefficient (Wildman–Crippen LogP) is 4.78. The van der Waals surface area contributed by atoms with Gasteiger partial charge in [-0.25, -0.2) is 0 Å². The molecular formula is C17H12ClF3N2O. The van der Waals surface area contributed by atoms with Crippen molar-refractivity contribution >= 4 is 34.1 Å². The average molecular weight is 353 g/mol. The van der Waals surface area contributed by atoms with E-state index in [9.17, 15) is 18.0 Å². The van der Waals surface area contributed by atoms with Crippen LogP contribution >= 0.6 is 11.6 Å². The minimum Gasteiger partial charge on any atom is -0.399 e. The standard InChI is InChI=1S/C17H12ClF3N2O/c18-13-4-2-1-3-10(13)9-16(24)23-14-6-5-12(22)7-11(14)8-15(23)17(19,20)21/h1-8H,9,22H2. The molecule has 0 saturated heterocycles. The van der Waals surface area contributed by atoms with Crippen molar-refractivity contribution in [2.45, 2.75) is 12.6 Å². The number of hydrogen-bond acceptors (Lipinski definition) is 2. The minimum absolute atomic E-state index is 0.161. The number of fused-ring (bicyclic) bond motifs is 1. The normalized spacial score (nSPS) is 11.8. The van der Waals surface area contributed by atoms with Crippen LogP contribution in [-0.2, 0) is 12.6 Å². The molecule has 2 aromatic carbocycles. The number of hydrogen-bond donors (Lipinski definition) is 1. The summed E-state index contributed by atoms with van der Waals surface area (Å²) in [5.74, 6) is -0.713. The van der Waals surface area contributed by atoms with Crippen LogP contribution in [0, 0.1) is 0 Å². The Hall–Kier alpha value is -2.47. The molecule has 1 aromatic heterocycles. The van der Waals surface area contributed by atoms with Gasteiger partial charge in [-0.3, -0.25) is 9.36 Å². The molecule has 0 atom stereocenters. The number of carbonyl (C=O) groups excluding carboxylic acids is 1. The first-order chi connectivity index (χ1) is 11.3. The third kappa shape index (κ3) is 2.97. The Morgan fingerprint density at radius 2 is 1.83 bits per heavy atom. The molecule has 0 saturated carbocycles. The van der Waals surface area contributed by atoms with Crippen LogP contribution in [0.1, 0.15) is 16.1 Å². The highest BCUT2D eigenvalue weighted by Crippen LogP contribution is 2.35. The van der Waals surface area contributed by atoms with E-state index in [2.05, 4.69) is 0 Å². The third-order valence-corrected chi connectivity index (χ3v) is 4.03. The summed E-state index contributed by atoms with van der Waals surface area (Å²) < 4.78 is 40.7. The Balaban J connectivity index is 2.13. The van der Waals surface area contributed by atoms with Gasteiger partial charge in [0.2, 0.25) is 5.91 Å². The molecule has 24 heavy (non-hydrogen) atoms. The van der Waals surface area contributed by atoms with Gasteiger partial charge >= 0.3 is 6.18 Å². The highest BCUT2D eigenvalue weighted by atomic mass is 35.5. The summed E-state index contributed by atoms with van der Waals surface area (Å²) in [7, 11) is 0. The Bertz CT molecular complexity index is 931. The van der Waals surface area contributed by atoms with E-state index >= 15 is 0 Å². The Morgan fingerprint density at radius 3 is 2.50 bits per heavy atom. The predicted molar refractivity (Wildman–Crippen MR) is 87.1 cm³/mol. The Kier molecular flexibility index (Phi) is 4.01. The molecule has 3 rings (SSSR count). The van der Waals surface area contributed by atoms with E-state index in [0.717, 1.165) is 6.07 Å². The molecule has 2 N–H and O–H groups in total. The van der Waals surface area contributed by atoms with Crippen LogP contribution in [0.5, 0.6) is 0 Å². The van der Waals surface area contributed by atoms with Gasteiger partial charge in [-0.1, -0.05) is 29.8 Å². The van der Waals surface area contributed by atoms with Gasteiger partial charge < -0.3 is 5.73 Å². The van der Waals surface area contributed by atoms with Crippen LogP contribution < -0.4 is 5.73 Å². The average Bonchev–Trinajstić information content (AvgIpc) is 2.88. The number of nitrogens with zero attached hydrogens (tertiary/aromatic N) is 1. The maximum atomic E-state index is 13.3. The van der Waals surface area contributed by atoms with Gasteiger partial charge in [0.1, 0.15) is 5.69 Å². The maximum absolute atomic E-state index is 13.3. The first-order valence-electron chi connectivity index (χ1n) is 7.02. The maximum Gasteiger partial charge on any atom is 0.431 e. The number of halogens is 4. The lowest BCUT2D eigenvalue weighted by Crippen LogP contribution is -2.21. The Morgan fingerprint density at radius 1 is 1.12 bits per heavy atom. The number of anilines is 1. The van der Waals surface area contributed by atoms with Crippen molar-refractivity contribution in [3.63, 3.8) is 0 Å². The molecule has 0 fully saturated rings. The van der Waals surface area contributed by atoms with Crippen LogP contribution in [0.3, 0.4) is 0 Å². The van der Waals surface area contributed by atoms with E-state index in [1.54, 1.807) is 24.3 Å². The van der Waals surface area contributed by atoms with Gasteiger partial charge in [0, 0.05) is 16.1 Å². The molecule has 3 aromatic rings. The second-order valence-corrected chi connectivity index (χ2v) is 5.75. The number of nitrogens with two attached hydrogens (primary N) is 1. The zero-order valence-corrected chi connectivity index (χ0v) is 13.0. The van der Waals surface area contributed by atoms with E-state index < -0.39 is 17.8 Å². The monoisotopic (exact) mass is 352 g/mol. The largest absolute Gasteiger partial charge is 0.431 e. The molecule has 0 spiro atoms. The topological polar surface area (TPSA) is 48.0 Å². The second kappa shape index (κ2) is 5.87. The van der Waals surface area contributed by atoms with Crippen LogP contribution in [-0.4, -0.2) is 10.5 Å². The van der Waals surface area contributed by atoms with Crippen molar-refractivity contribution in [3.8, 4) is 0 Å². The first-order valence-corrected chi connectivity index (χ1v) is 7.40. The lowest BCUT2D eigenvalue weighted by molar-refractivity contribution is -0.142. The van der Waals surface area contributed by atoms with Crippen LogP contribution in [0.2, 0.25) is 5.02 Å². The van der Waals surface area contributed by atoms with Crippen molar-refractivity contribution in [2.75, 3.05) is 5.73 Å². The fraction of sp³-hybridized carbons (Fsp3) is 0.118. The minimum atomic E-state index is -4.66.